The van der Waals surface area contributed by atoms with E-state index in [2.05, 4.69) is 5.32 Å². The van der Waals surface area contributed by atoms with Crippen LogP contribution in [0.3, 0.4) is 0 Å². The van der Waals surface area contributed by atoms with Gasteiger partial charge in [-0.2, -0.15) is 0 Å². The number of nitrogens with two attached hydrogens (primary N) is 2. The molecule has 1 heterocycles. The predicted octanol–water partition coefficient (Wildman–Crippen LogP) is 0.464. The molecule has 3 amide bonds. The Morgan fingerprint density at radius 2 is 1.86 bits per heavy atom. The van der Waals surface area contributed by atoms with Crippen LogP contribution in [0.25, 0.3) is 11.0 Å². The lowest BCUT2D eigenvalue weighted by Gasteiger charge is -2.10. The summed E-state index contributed by atoms with van der Waals surface area (Å²) >= 11 is 5.88. The van der Waals surface area contributed by atoms with Gasteiger partial charge in [0, 0.05) is 16.0 Å². The molecule has 110 valence electrons. The molecule has 5 N–H and O–H groups in total. The average Bonchev–Trinajstić information content (AvgIpc) is 2.72. The van der Waals surface area contributed by atoms with E-state index in [4.69, 9.17) is 27.5 Å². The highest BCUT2D eigenvalue weighted by Crippen LogP contribution is 2.27. The van der Waals surface area contributed by atoms with Gasteiger partial charge in [-0.1, -0.05) is 11.6 Å². The minimum Gasteiger partial charge on any atom is -0.451 e. The molecule has 7 nitrogen and oxygen atoms in total. The smallest absolute Gasteiger partial charge is 0.288 e. The molecule has 1 aromatic heterocycles. The maximum atomic E-state index is 12.1. The van der Waals surface area contributed by atoms with Gasteiger partial charge in [0.05, 0.1) is 0 Å². The molecule has 0 spiro atoms. The number of hydrogen-bond acceptors (Lipinski definition) is 4. The molecule has 2 aromatic rings. The summed E-state index contributed by atoms with van der Waals surface area (Å²) in [6.45, 7) is 1.65. The molecule has 21 heavy (non-hydrogen) atoms. The number of furan rings is 1. The summed E-state index contributed by atoms with van der Waals surface area (Å²) in [5.74, 6) is -2.90. The van der Waals surface area contributed by atoms with Crippen LogP contribution < -0.4 is 16.8 Å². The van der Waals surface area contributed by atoms with Gasteiger partial charge in [0.2, 0.25) is 11.8 Å². The number of rotatable bonds is 4. The van der Waals surface area contributed by atoms with Crippen LogP contribution in [0, 0.1) is 6.92 Å². The molecular formula is C13H12ClN3O4. The zero-order chi connectivity index (χ0) is 15.7. The fraction of sp³-hybridized carbons (Fsp3) is 0.154. The Morgan fingerprint density at radius 3 is 2.43 bits per heavy atom. The van der Waals surface area contributed by atoms with Crippen molar-refractivity contribution < 1.29 is 18.8 Å². The second kappa shape index (κ2) is 5.45. The minimum atomic E-state index is -1.60. The second-order valence-corrected chi connectivity index (χ2v) is 4.84. The van der Waals surface area contributed by atoms with Gasteiger partial charge in [0.25, 0.3) is 5.91 Å². The quantitative estimate of drug-likeness (QED) is 0.709. The summed E-state index contributed by atoms with van der Waals surface area (Å²) in [7, 11) is 0. The van der Waals surface area contributed by atoms with E-state index >= 15 is 0 Å². The first-order chi connectivity index (χ1) is 9.81. The second-order valence-electron chi connectivity index (χ2n) is 4.41. The van der Waals surface area contributed by atoms with E-state index in [0.717, 1.165) is 0 Å². The van der Waals surface area contributed by atoms with Crippen LogP contribution in [0.4, 0.5) is 0 Å². The van der Waals surface area contributed by atoms with Crippen LogP contribution in [-0.4, -0.2) is 23.8 Å². The van der Waals surface area contributed by atoms with Gasteiger partial charge in [0.1, 0.15) is 5.58 Å². The summed E-state index contributed by atoms with van der Waals surface area (Å²) < 4.78 is 5.40. The SMILES string of the molecule is Cc1c(C(=O)NC(C(N)=O)C(N)=O)oc2ccc(Cl)cc12. The molecule has 0 bridgehead atoms. The number of primary amides is 2. The Labute approximate surface area is 124 Å². The van der Waals surface area contributed by atoms with E-state index in [1.807, 2.05) is 0 Å². The lowest BCUT2D eigenvalue weighted by molar-refractivity contribution is -0.128. The Kier molecular flexibility index (Phi) is 3.86. The molecular weight excluding hydrogens is 298 g/mol. The molecule has 0 atom stereocenters. The van der Waals surface area contributed by atoms with Gasteiger partial charge in [-0.3, -0.25) is 14.4 Å². The standard InChI is InChI=1S/C13H12ClN3O4/c1-5-7-4-6(14)2-3-8(7)21-10(5)13(20)17-9(11(15)18)12(16)19/h2-4,9H,1H3,(H2,15,18)(H2,16,19)(H,17,20). The third kappa shape index (κ3) is 2.82. The fourth-order valence-corrected chi connectivity index (χ4v) is 2.06. The van der Waals surface area contributed by atoms with Crippen molar-refractivity contribution in [2.75, 3.05) is 0 Å². The van der Waals surface area contributed by atoms with Crippen molar-refractivity contribution in [3.05, 3.63) is 34.5 Å². The van der Waals surface area contributed by atoms with E-state index in [1.54, 1.807) is 25.1 Å². The largest absolute Gasteiger partial charge is 0.451 e. The van der Waals surface area contributed by atoms with Crippen molar-refractivity contribution in [2.45, 2.75) is 13.0 Å². The van der Waals surface area contributed by atoms with Crippen LogP contribution in [0.1, 0.15) is 16.1 Å². The number of hydrogen-bond donors (Lipinski definition) is 3. The molecule has 0 fully saturated rings. The summed E-state index contributed by atoms with van der Waals surface area (Å²) in [6, 6.07) is 3.27. The number of fused-ring (bicyclic) bond motifs is 1. The zero-order valence-corrected chi connectivity index (χ0v) is 11.7. The third-order valence-electron chi connectivity index (χ3n) is 2.95. The Morgan fingerprint density at radius 1 is 1.24 bits per heavy atom. The zero-order valence-electron chi connectivity index (χ0n) is 11.0. The van der Waals surface area contributed by atoms with Crippen molar-refractivity contribution in [3.63, 3.8) is 0 Å². The Bertz CT molecular complexity index is 739. The number of nitrogens with one attached hydrogen (secondary N) is 1. The Hall–Kier alpha value is -2.54. The van der Waals surface area contributed by atoms with E-state index in [-0.39, 0.29) is 5.76 Å². The first-order valence-electron chi connectivity index (χ1n) is 5.89. The van der Waals surface area contributed by atoms with Gasteiger partial charge in [-0.25, -0.2) is 0 Å². The van der Waals surface area contributed by atoms with Gasteiger partial charge in [-0.05, 0) is 25.1 Å². The van der Waals surface area contributed by atoms with E-state index in [0.29, 0.717) is 21.6 Å². The summed E-state index contributed by atoms with van der Waals surface area (Å²) in [4.78, 5) is 34.2. The topological polar surface area (TPSA) is 128 Å². The van der Waals surface area contributed by atoms with Crippen molar-refractivity contribution in [1.82, 2.24) is 5.32 Å². The maximum Gasteiger partial charge on any atom is 0.288 e. The molecule has 0 unspecified atom stereocenters. The predicted molar refractivity (Wildman–Crippen MR) is 75.6 cm³/mol. The van der Waals surface area contributed by atoms with E-state index < -0.39 is 23.8 Å². The molecule has 0 saturated heterocycles. The number of halogens is 1. The maximum absolute atomic E-state index is 12.1. The Balaban J connectivity index is 2.38. The molecule has 8 heteroatoms. The average molecular weight is 310 g/mol. The molecule has 2 rings (SSSR count). The van der Waals surface area contributed by atoms with Crippen molar-refractivity contribution in [2.24, 2.45) is 11.5 Å². The highest BCUT2D eigenvalue weighted by molar-refractivity contribution is 6.31. The van der Waals surface area contributed by atoms with Crippen molar-refractivity contribution in [3.8, 4) is 0 Å². The first-order valence-corrected chi connectivity index (χ1v) is 6.27. The molecule has 0 aliphatic carbocycles. The number of amides is 3. The van der Waals surface area contributed by atoms with Crippen LogP contribution in [0.15, 0.2) is 22.6 Å². The van der Waals surface area contributed by atoms with Gasteiger partial charge in [-0.15, -0.1) is 0 Å². The van der Waals surface area contributed by atoms with Crippen LogP contribution in [0.5, 0.6) is 0 Å². The van der Waals surface area contributed by atoms with E-state index in [9.17, 15) is 14.4 Å². The van der Waals surface area contributed by atoms with Crippen LogP contribution in [0.2, 0.25) is 5.02 Å². The van der Waals surface area contributed by atoms with Gasteiger partial charge < -0.3 is 21.2 Å². The molecule has 0 aliphatic rings. The lowest BCUT2D eigenvalue weighted by atomic mass is 10.1. The summed E-state index contributed by atoms with van der Waals surface area (Å²) in [5, 5.41) is 3.28. The number of carbonyl (C=O) groups is 3. The monoisotopic (exact) mass is 309 g/mol. The highest BCUT2D eigenvalue weighted by Gasteiger charge is 2.27. The molecule has 0 saturated carbocycles. The first kappa shape index (κ1) is 14.9. The summed E-state index contributed by atoms with van der Waals surface area (Å²) in [6.07, 6.45) is 0. The van der Waals surface area contributed by atoms with Crippen molar-refractivity contribution >= 4 is 40.3 Å². The fourth-order valence-electron chi connectivity index (χ4n) is 1.89. The van der Waals surface area contributed by atoms with Crippen molar-refractivity contribution in [1.29, 1.82) is 0 Å². The lowest BCUT2D eigenvalue weighted by Crippen LogP contribution is -2.52. The van der Waals surface area contributed by atoms with Gasteiger partial charge >= 0.3 is 0 Å². The number of aryl methyl sites for hydroxylation is 1. The van der Waals surface area contributed by atoms with Gasteiger partial charge in [0.15, 0.2) is 11.8 Å². The molecule has 1 aromatic carbocycles. The molecule has 0 radical (unpaired) electrons. The third-order valence-corrected chi connectivity index (χ3v) is 3.18. The minimum absolute atomic E-state index is 0.0419. The summed E-state index contributed by atoms with van der Waals surface area (Å²) in [5.41, 5.74) is 11.0. The van der Waals surface area contributed by atoms with E-state index in [1.165, 1.54) is 0 Å². The highest BCUT2D eigenvalue weighted by atomic mass is 35.5. The van der Waals surface area contributed by atoms with Crippen LogP contribution >= 0.6 is 11.6 Å². The van der Waals surface area contributed by atoms with Crippen LogP contribution in [-0.2, 0) is 9.59 Å². The molecule has 0 aliphatic heterocycles. The normalized spacial score (nSPS) is 10.8. The number of carbonyl (C=O) groups excluding carboxylic acids is 3. The number of benzene rings is 1.